The van der Waals surface area contributed by atoms with E-state index in [1.165, 1.54) is 164 Å². The molecular formula is C68H92Na4O11. The molecule has 5 rings (SSSR count). The first-order valence-corrected chi connectivity index (χ1v) is 30.8. The summed E-state index contributed by atoms with van der Waals surface area (Å²) in [5, 5.41) is 51.6. The second kappa shape index (κ2) is 46.3. The molecule has 0 saturated heterocycles. The van der Waals surface area contributed by atoms with E-state index in [2.05, 4.69) is 20.8 Å². The fourth-order valence-electron chi connectivity index (χ4n) is 11.2. The van der Waals surface area contributed by atoms with Crippen molar-refractivity contribution in [3.05, 3.63) is 121 Å². The summed E-state index contributed by atoms with van der Waals surface area (Å²) in [6.45, 7) is 7.63. The predicted molar refractivity (Wildman–Crippen MR) is 306 cm³/mol. The average Bonchev–Trinajstić information content (AvgIpc) is 3.63. The fourth-order valence-corrected chi connectivity index (χ4v) is 11.2. The molecule has 4 aromatic rings. The number of carbonyl (C=O) groups excluding carboxylic acids is 4. The van der Waals surface area contributed by atoms with Gasteiger partial charge in [-0.25, -0.2) is 0 Å². The second-order valence-electron chi connectivity index (χ2n) is 22.4. The third-order valence-corrected chi connectivity index (χ3v) is 15.5. The number of fused-ring (bicyclic) bond motifs is 8. The molecule has 0 unspecified atom stereocenters. The molecule has 0 N–H and O–H groups in total. The van der Waals surface area contributed by atoms with Crippen LogP contribution in [0.15, 0.2) is 54.6 Å². The van der Waals surface area contributed by atoms with Crippen LogP contribution in [-0.4, -0.2) is 43.7 Å². The number of benzene rings is 4. The molecule has 4 aromatic carbocycles. The quantitative estimate of drug-likeness (QED) is 0.0398. The van der Waals surface area contributed by atoms with E-state index in [0.717, 1.165) is 77.0 Å². The number of ether oxygens (including phenoxy) is 3. The number of hydrogen-bond donors (Lipinski definition) is 0. The third kappa shape index (κ3) is 29.4. The van der Waals surface area contributed by atoms with Gasteiger partial charge in [-0.15, -0.1) is 0 Å². The molecule has 0 amide bonds. The SMILES string of the molecule is CCCCCCCCCCCCOc1c2cc(C(=O)[O-])cc1Cc1cc(C(=O)[O-])cc(c1OCCCCCCCCCCCC)Cc1cc(C(=O)[O-])cc(c1OCCCCCCCCCCCC)Cc1cc(cc(C(=O)[O-])c1)C2.[Na+].[Na+].[Na+].[Na+]. The Morgan fingerprint density at radius 2 is 0.482 bits per heavy atom. The van der Waals surface area contributed by atoms with E-state index in [-0.39, 0.29) is 166 Å². The first-order chi connectivity index (χ1) is 38.4. The van der Waals surface area contributed by atoms with E-state index in [1.807, 2.05) is 6.07 Å². The van der Waals surface area contributed by atoms with Gasteiger partial charge >= 0.3 is 118 Å². The standard InChI is InChI=1S/C68H96O11.4Na/c1-4-7-10-13-16-19-22-25-28-31-34-77-62-52-38-50-37-51(41-58(40-50)65(69)70)39-53-45-60(67(73)74)47-55(63(53)78-35-32-29-26-23-20-17-14-11-8-5-2)43-57-49-61(68(75)76)48-56(42-54(62)46-59(44-52)66(71)72)64(57)79-36-33-30-27-24-21-18-15-12-9-6-3;;;;/h37,40-41,44-49H,4-36,38-39,42-43H2,1-3H3,(H,69,70)(H,71,72)(H,73,74)(H,75,76);;;;/q;4*+1/p-4. The zero-order valence-corrected chi connectivity index (χ0v) is 60.3. The fraction of sp³-hybridized carbons (Fsp3) is 0.588. The topological polar surface area (TPSA) is 188 Å². The number of carboxylic acid groups (broad SMARTS) is 4. The maximum Gasteiger partial charge on any atom is 1.00 e. The Hall–Kier alpha value is -1.84. The summed E-state index contributed by atoms with van der Waals surface area (Å²) in [5.74, 6) is -4.44. The Balaban J connectivity index is 0.00000861. The van der Waals surface area contributed by atoms with Crippen molar-refractivity contribution in [1.82, 2.24) is 0 Å². The molecule has 0 atom stereocenters. The van der Waals surface area contributed by atoms with Gasteiger partial charge in [0.25, 0.3) is 0 Å². The zero-order valence-electron chi connectivity index (χ0n) is 52.3. The van der Waals surface area contributed by atoms with Gasteiger partial charge in [-0.2, -0.15) is 0 Å². The largest absolute Gasteiger partial charge is 1.00 e. The van der Waals surface area contributed by atoms with Crippen LogP contribution in [-0.2, 0) is 25.7 Å². The van der Waals surface area contributed by atoms with Gasteiger partial charge in [0.15, 0.2) is 0 Å². The Morgan fingerprint density at radius 1 is 0.289 bits per heavy atom. The van der Waals surface area contributed by atoms with Crippen LogP contribution in [0.1, 0.15) is 299 Å². The van der Waals surface area contributed by atoms with Crippen molar-refractivity contribution in [3.63, 3.8) is 0 Å². The number of rotatable bonds is 40. The normalized spacial score (nSPS) is 11.5. The molecule has 11 nitrogen and oxygen atoms in total. The molecule has 0 heterocycles. The Kier molecular flexibility index (Phi) is 44.2. The first-order valence-electron chi connectivity index (χ1n) is 30.8. The molecule has 83 heavy (non-hydrogen) atoms. The summed E-state index contributed by atoms with van der Waals surface area (Å²) < 4.78 is 20.2. The summed E-state index contributed by atoms with van der Waals surface area (Å²) in [6, 6.07) is 13.9. The molecule has 1 aliphatic carbocycles. The predicted octanol–water partition coefficient (Wildman–Crippen LogP) is 0.732. The van der Waals surface area contributed by atoms with Crippen molar-refractivity contribution < 1.29 is 172 Å². The molecule has 0 aliphatic heterocycles. The summed E-state index contributed by atoms with van der Waals surface area (Å²) in [4.78, 5) is 51.6. The average molecular weight is 1180 g/mol. The summed E-state index contributed by atoms with van der Waals surface area (Å²) in [7, 11) is 0. The molecule has 434 valence electrons. The van der Waals surface area contributed by atoms with E-state index >= 15 is 0 Å². The molecule has 0 saturated carbocycles. The van der Waals surface area contributed by atoms with Crippen LogP contribution in [0, 0.1) is 0 Å². The summed E-state index contributed by atoms with van der Waals surface area (Å²) in [6.07, 6.45) is 33.8. The van der Waals surface area contributed by atoms with Crippen LogP contribution in [0.4, 0.5) is 0 Å². The van der Waals surface area contributed by atoms with E-state index in [9.17, 15) is 39.6 Å². The van der Waals surface area contributed by atoms with Gasteiger partial charge < -0.3 is 53.8 Å². The van der Waals surface area contributed by atoms with Crippen LogP contribution >= 0.6 is 0 Å². The van der Waals surface area contributed by atoms with Gasteiger partial charge in [-0.05, 0) is 135 Å². The number of unbranched alkanes of at least 4 members (excludes halogenated alkanes) is 27. The van der Waals surface area contributed by atoms with Gasteiger partial charge in [0.05, 0.1) is 43.7 Å². The zero-order chi connectivity index (χ0) is 56.6. The molecule has 0 spiro atoms. The van der Waals surface area contributed by atoms with Gasteiger partial charge in [0.1, 0.15) is 17.2 Å². The molecule has 8 bridgehead atoms. The van der Waals surface area contributed by atoms with Gasteiger partial charge in [0.2, 0.25) is 0 Å². The van der Waals surface area contributed by atoms with Crippen molar-refractivity contribution in [2.75, 3.05) is 19.8 Å². The van der Waals surface area contributed by atoms with Gasteiger partial charge in [-0.3, -0.25) is 0 Å². The number of aromatic carboxylic acids is 4. The Bertz CT molecular complexity index is 2390. The van der Waals surface area contributed by atoms with Gasteiger partial charge in [0, 0.05) is 25.7 Å². The van der Waals surface area contributed by atoms with E-state index in [4.69, 9.17) is 14.2 Å². The van der Waals surface area contributed by atoms with Gasteiger partial charge in [-0.1, -0.05) is 200 Å². The Labute approximate surface area is 586 Å². The summed E-state index contributed by atoms with van der Waals surface area (Å²) >= 11 is 0. The van der Waals surface area contributed by atoms with Crippen LogP contribution in [0.3, 0.4) is 0 Å². The van der Waals surface area contributed by atoms with Crippen molar-refractivity contribution in [1.29, 1.82) is 0 Å². The van der Waals surface area contributed by atoms with Crippen LogP contribution in [0.25, 0.3) is 0 Å². The summed E-state index contributed by atoms with van der Waals surface area (Å²) in [5.41, 5.74) is 3.35. The monoisotopic (exact) mass is 1180 g/mol. The van der Waals surface area contributed by atoms with Crippen molar-refractivity contribution in [2.45, 2.75) is 239 Å². The smallest absolute Gasteiger partial charge is 0.545 e. The third-order valence-electron chi connectivity index (χ3n) is 15.5. The first kappa shape index (κ1) is 79.2. The minimum absolute atomic E-state index is 0. The molecule has 1 aliphatic rings. The van der Waals surface area contributed by atoms with E-state index < -0.39 is 23.9 Å². The molecule has 0 aromatic heterocycles. The Morgan fingerprint density at radius 3 is 0.699 bits per heavy atom. The maximum absolute atomic E-state index is 13.1. The van der Waals surface area contributed by atoms with Crippen molar-refractivity contribution >= 4 is 23.9 Å². The molecular weight excluding hydrogens is 1080 g/mol. The number of carbonyl (C=O) groups is 4. The van der Waals surface area contributed by atoms with E-state index in [1.54, 1.807) is 0 Å². The molecule has 15 heteroatoms. The maximum atomic E-state index is 13.1. The molecule has 0 radical (unpaired) electrons. The minimum atomic E-state index is -1.43. The number of carboxylic acids is 4. The van der Waals surface area contributed by atoms with E-state index in [0.29, 0.717) is 81.6 Å². The molecule has 0 fully saturated rings. The van der Waals surface area contributed by atoms with Crippen molar-refractivity contribution in [2.24, 2.45) is 0 Å². The van der Waals surface area contributed by atoms with Crippen LogP contribution < -0.4 is 153 Å². The minimum Gasteiger partial charge on any atom is -0.545 e. The van der Waals surface area contributed by atoms with Crippen LogP contribution in [0.2, 0.25) is 0 Å². The van der Waals surface area contributed by atoms with Crippen molar-refractivity contribution in [3.8, 4) is 17.2 Å². The second-order valence-corrected chi connectivity index (χ2v) is 22.4. The van der Waals surface area contributed by atoms with Crippen LogP contribution in [0.5, 0.6) is 17.2 Å². The number of hydrogen-bond acceptors (Lipinski definition) is 11.